The molecular formula is C10H12BrF2NO. The summed E-state index contributed by atoms with van der Waals surface area (Å²) in [5.41, 5.74) is -0.0906. The summed E-state index contributed by atoms with van der Waals surface area (Å²) in [6.45, 7) is 0.297. The first-order valence-corrected chi connectivity index (χ1v) is 5.30. The Kier molecular flexibility index (Phi) is 4.63. The van der Waals surface area contributed by atoms with Crippen molar-refractivity contribution in [2.45, 2.75) is 12.5 Å². The molecule has 0 spiro atoms. The Morgan fingerprint density at radius 2 is 2.13 bits per heavy atom. The lowest BCUT2D eigenvalue weighted by atomic mass is 10.1. The van der Waals surface area contributed by atoms with E-state index in [4.69, 9.17) is 0 Å². The first-order chi connectivity index (χ1) is 7.06. The van der Waals surface area contributed by atoms with Crippen LogP contribution < -0.4 is 5.32 Å². The summed E-state index contributed by atoms with van der Waals surface area (Å²) in [5, 5.41) is 12.2. The molecule has 1 aromatic carbocycles. The fourth-order valence-corrected chi connectivity index (χ4v) is 1.67. The first-order valence-electron chi connectivity index (χ1n) is 4.51. The average Bonchev–Trinajstić information content (AvgIpc) is 2.19. The summed E-state index contributed by atoms with van der Waals surface area (Å²) in [6.07, 6.45) is -0.842. The van der Waals surface area contributed by atoms with Crippen molar-refractivity contribution in [1.82, 2.24) is 5.32 Å². The topological polar surface area (TPSA) is 32.3 Å². The van der Waals surface area contributed by atoms with Crippen molar-refractivity contribution in [2.24, 2.45) is 0 Å². The van der Waals surface area contributed by atoms with Crippen LogP contribution in [0.25, 0.3) is 0 Å². The second kappa shape index (κ2) is 5.53. The van der Waals surface area contributed by atoms with Gasteiger partial charge in [-0.3, -0.25) is 0 Å². The zero-order chi connectivity index (χ0) is 11.4. The van der Waals surface area contributed by atoms with Crippen LogP contribution in [0.2, 0.25) is 0 Å². The Bertz CT molecular complexity index is 346. The predicted octanol–water partition coefficient (Wildman–Crippen LogP) is 1.85. The number of hydrogen-bond acceptors (Lipinski definition) is 2. The molecule has 15 heavy (non-hydrogen) atoms. The molecule has 0 aromatic heterocycles. The molecule has 0 aliphatic rings. The van der Waals surface area contributed by atoms with E-state index in [2.05, 4.69) is 21.2 Å². The fraction of sp³-hybridized carbons (Fsp3) is 0.400. The Morgan fingerprint density at radius 1 is 1.47 bits per heavy atom. The van der Waals surface area contributed by atoms with Gasteiger partial charge in [-0.1, -0.05) is 0 Å². The van der Waals surface area contributed by atoms with Crippen LogP contribution in [0.15, 0.2) is 16.6 Å². The van der Waals surface area contributed by atoms with Gasteiger partial charge in [0.25, 0.3) is 0 Å². The highest BCUT2D eigenvalue weighted by Crippen LogP contribution is 2.22. The summed E-state index contributed by atoms with van der Waals surface area (Å²) in [7, 11) is 1.66. The third-order valence-corrected chi connectivity index (χ3v) is 2.63. The Labute approximate surface area is 95.4 Å². The number of hydrogen-bond donors (Lipinski definition) is 2. The molecule has 1 rings (SSSR count). The van der Waals surface area contributed by atoms with Gasteiger partial charge in [0.2, 0.25) is 0 Å². The van der Waals surface area contributed by atoms with E-state index in [9.17, 15) is 13.9 Å². The highest BCUT2D eigenvalue weighted by atomic mass is 79.9. The highest BCUT2D eigenvalue weighted by Gasteiger charge is 2.15. The van der Waals surface area contributed by atoms with E-state index in [1.165, 1.54) is 12.1 Å². The van der Waals surface area contributed by atoms with Crippen LogP contribution in [-0.2, 0) is 6.42 Å². The van der Waals surface area contributed by atoms with Gasteiger partial charge in [-0.25, -0.2) is 8.78 Å². The summed E-state index contributed by atoms with van der Waals surface area (Å²) >= 11 is 2.97. The number of rotatable bonds is 4. The third kappa shape index (κ3) is 3.22. The van der Waals surface area contributed by atoms with E-state index < -0.39 is 17.7 Å². The molecule has 1 unspecified atom stereocenters. The molecule has 1 aromatic rings. The molecule has 0 aliphatic heterocycles. The van der Waals surface area contributed by atoms with E-state index in [0.717, 1.165) is 0 Å². The van der Waals surface area contributed by atoms with Gasteiger partial charge < -0.3 is 10.4 Å². The van der Waals surface area contributed by atoms with Crippen LogP contribution in [0.1, 0.15) is 5.56 Å². The van der Waals surface area contributed by atoms with Crippen LogP contribution in [0, 0.1) is 11.6 Å². The van der Waals surface area contributed by atoms with Gasteiger partial charge in [-0.05, 0) is 35.1 Å². The summed E-state index contributed by atoms with van der Waals surface area (Å²) in [6, 6.07) is 2.48. The van der Waals surface area contributed by atoms with Gasteiger partial charge in [0, 0.05) is 18.5 Å². The monoisotopic (exact) mass is 279 g/mol. The molecule has 0 amide bonds. The van der Waals surface area contributed by atoms with Crippen molar-refractivity contribution in [2.75, 3.05) is 13.6 Å². The molecule has 5 heteroatoms. The van der Waals surface area contributed by atoms with Gasteiger partial charge in [-0.15, -0.1) is 0 Å². The maximum Gasteiger partial charge on any atom is 0.143 e. The Hall–Kier alpha value is -0.520. The van der Waals surface area contributed by atoms with Gasteiger partial charge in [0.05, 0.1) is 10.6 Å². The second-order valence-corrected chi connectivity index (χ2v) is 4.09. The lowest BCUT2D eigenvalue weighted by Gasteiger charge is -2.11. The van der Waals surface area contributed by atoms with Crippen LogP contribution in [0.5, 0.6) is 0 Å². The molecule has 2 nitrogen and oxygen atoms in total. The van der Waals surface area contributed by atoms with E-state index in [-0.39, 0.29) is 16.5 Å². The van der Waals surface area contributed by atoms with Crippen molar-refractivity contribution in [1.29, 1.82) is 0 Å². The van der Waals surface area contributed by atoms with Crippen molar-refractivity contribution in [3.8, 4) is 0 Å². The number of halogens is 3. The Morgan fingerprint density at radius 3 is 2.73 bits per heavy atom. The molecule has 0 saturated heterocycles. The molecule has 0 aliphatic carbocycles. The van der Waals surface area contributed by atoms with E-state index in [1.54, 1.807) is 7.05 Å². The third-order valence-electron chi connectivity index (χ3n) is 2.02. The zero-order valence-electron chi connectivity index (χ0n) is 8.23. The summed E-state index contributed by atoms with van der Waals surface area (Å²) < 4.78 is 26.9. The fourth-order valence-electron chi connectivity index (χ4n) is 1.30. The molecule has 84 valence electrons. The molecular weight excluding hydrogens is 268 g/mol. The van der Waals surface area contributed by atoms with Crippen molar-refractivity contribution < 1.29 is 13.9 Å². The number of nitrogens with one attached hydrogen (secondary N) is 1. The Balaban J connectivity index is 2.88. The van der Waals surface area contributed by atoms with Gasteiger partial charge in [-0.2, -0.15) is 0 Å². The highest BCUT2D eigenvalue weighted by molar-refractivity contribution is 9.10. The summed E-state index contributed by atoms with van der Waals surface area (Å²) in [5.74, 6) is -1.28. The largest absolute Gasteiger partial charge is 0.391 e. The minimum Gasteiger partial charge on any atom is -0.391 e. The van der Waals surface area contributed by atoms with Gasteiger partial charge >= 0.3 is 0 Å². The second-order valence-electron chi connectivity index (χ2n) is 3.24. The number of aliphatic hydroxyl groups excluding tert-OH is 1. The van der Waals surface area contributed by atoms with Crippen molar-refractivity contribution >= 4 is 15.9 Å². The minimum atomic E-state index is -0.798. The maximum absolute atomic E-state index is 13.4. The number of aliphatic hydroxyl groups is 1. The predicted molar refractivity (Wildman–Crippen MR) is 57.7 cm³/mol. The molecule has 1 atom stereocenters. The molecule has 0 radical (unpaired) electrons. The minimum absolute atomic E-state index is 0.0437. The lowest BCUT2D eigenvalue weighted by Crippen LogP contribution is -2.26. The van der Waals surface area contributed by atoms with Gasteiger partial charge in [0.1, 0.15) is 11.6 Å². The van der Waals surface area contributed by atoms with Gasteiger partial charge in [0.15, 0.2) is 0 Å². The molecule has 0 saturated carbocycles. The number of benzene rings is 1. The lowest BCUT2D eigenvalue weighted by molar-refractivity contribution is 0.172. The van der Waals surface area contributed by atoms with Crippen LogP contribution in [0.3, 0.4) is 0 Å². The van der Waals surface area contributed by atoms with Crippen LogP contribution in [-0.4, -0.2) is 24.8 Å². The SMILES string of the molecule is CNCC(O)Cc1c(F)ccc(Br)c1F. The summed E-state index contributed by atoms with van der Waals surface area (Å²) in [4.78, 5) is 0. The van der Waals surface area contributed by atoms with Crippen LogP contribution >= 0.6 is 15.9 Å². The number of likely N-dealkylation sites (N-methyl/N-ethyl adjacent to an activating group) is 1. The van der Waals surface area contributed by atoms with E-state index >= 15 is 0 Å². The normalized spacial score (nSPS) is 12.9. The van der Waals surface area contributed by atoms with Crippen molar-refractivity contribution in [3.05, 3.63) is 33.8 Å². The van der Waals surface area contributed by atoms with Crippen molar-refractivity contribution in [3.63, 3.8) is 0 Å². The molecule has 0 fully saturated rings. The van der Waals surface area contributed by atoms with E-state index in [0.29, 0.717) is 6.54 Å². The maximum atomic E-state index is 13.4. The quantitative estimate of drug-likeness (QED) is 0.825. The molecule has 2 N–H and O–H groups in total. The first kappa shape index (κ1) is 12.5. The smallest absolute Gasteiger partial charge is 0.143 e. The zero-order valence-corrected chi connectivity index (χ0v) is 9.81. The standard InChI is InChI=1S/C10H12BrF2NO/c1-14-5-6(15)4-7-9(12)3-2-8(11)10(7)13/h2-3,6,14-15H,4-5H2,1H3. The molecule has 0 heterocycles. The van der Waals surface area contributed by atoms with E-state index in [1.807, 2.05) is 0 Å². The van der Waals surface area contributed by atoms with Crippen LogP contribution in [0.4, 0.5) is 8.78 Å². The average molecular weight is 280 g/mol. The molecule has 0 bridgehead atoms.